The van der Waals surface area contributed by atoms with Gasteiger partial charge in [-0.15, -0.1) is 0 Å². The zero-order valence-corrected chi connectivity index (χ0v) is 11.3. The van der Waals surface area contributed by atoms with Crippen molar-refractivity contribution in [3.8, 4) is 11.8 Å². The molecular weight excluding hydrogens is 252 g/mol. The lowest BCUT2D eigenvalue weighted by Crippen LogP contribution is -2.41. The van der Waals surface area contributed by atoms with Crippen LogP contribution in [0.2, 0.25) is 0 Å². The zero-order valence-electron chi connectivity index (χ0n) is 11.3. The smallest absolute Gasteiger partial charge is 0.228 e. The van der Waals surface area contributed by atoms with Crippen LogP contribution in [0.1, 0.15) is 37.2 Å². The van der Waals surface area contributed by atoms with Crippen LogP contribution in [0.25, 0.3) is 0 Å². The number of carbonyl (C=O) groups is 1. The van der Waals surface area contributed by atoms with Crippen molar-refractivity contribution in [2.75, 3.05) is 6.61 Å². The second-order valence-corrected chi connectivity index (χ2v) is 5.51. The maximum atomic E-state index is 12.5. The first-order valence-corrected chi connectivity index (χ1v) is 7.21. The number of hydrogen-bond acceptors (Lipinski definition) is 3. The summed E-state index contributed by atoms with van der Waals surface area (Å²) < 4.78 is 5.58. The lowest BCUT2D eigenvalue weighted by Gasteiger charge is -2.27. The first-order valence-electron chi connectivity index (χ1n) is 7.21. The Balaban J connectivity index is 1.74. The largest absolute Gasteiger partial charge is 0.493 e. The number of rotatable bonds is 2. The normalized spacial score (nSPS) is 28.1. The molecule has 3 atom stereocenters. The second-order valence-electron chi connectivity index (χ2n) is 5.51. The van der Waals surface area contributed by atoms with Crippen molar-refractivity contribution in [1.82, 2.24) is 5.32 Å². The Morgan fingerprint density at radius 2 is 2.15 bits per heavy atom. The van der Waals surface area contributed by atoms with Crippen molar-refractivity contribution in [2.24, 2.45) is 5.92 Å². The van der Waals surface area contributed by atoms with E-state index >= 15 is 0 Å². The van der Waals surface area contributed by atoms with Crippen LogP contribution in [0.3, 0.4) is 0 Å². The van der Waals surface area contributed by atoms with E-state index in [-0.39, 0.29) is 23.8 Å². The van der Waals surface area contributed by atoms with Gasteiger partial charge in [-0.1, -0.05) is 18.2 Å². The van der Waals surface area contributed by atoms with Crippen molar-refractivity contribution in [3.63, 3.8) is 0 Å². The van der Waals surface area contributed by atoms with E-state index < -0.39 is 0 Å². The number of fused-ring (bicyclic) bond motifs is 1. The van der Waals surface area contributed by atoms with Crippen molar-refractivity contribution >= 4 is 5.91 Å². The van der Waals surface area contributed by atoms with Crippen molar-refractivity contribution in [3.05, 3.63) is 29.8 Å². The van der Waals surface area contributed by atoms with Crippen LogP contribution in [0, 0.1) is 17.2 Å². The summed E-state index contributed by atoms with van der Waals surface area (Å²) >= 11 is 0. The van der Waals surface area contributed by atoms with E-state index in [0.717, 1.165) is 30.6 Å². The fraction of sp³-hybridized carbons (Fsp3) is 0.500. The highest BCUT2D eigenvalue weighted by Gasteiger charge is 2.33. The SMILES string of the molecule is N#CC1CCCC1NC(=O)C1CCOc2ccccc21. The summed E-state index contributed by atoms with van der Waals surface area (Å²) in [6.07, 6.45) is 3.53. The quantitative estimate of drug-likeness (QED) is 0.897. The standard InChI is InChI=1S/C16H18N2O2/c17-10-11-4-3-6-14(11)18-16(19)13-8-9-20-15-7-2-1-5-12(13)15/h1-2,5,7,11,13-14H,3-4,6,8-9H2,(H,18,19). The van der Waals surface area contributed by atoms with Gasteiger partial charge >= 0.3 is 0 Å². The molecule has 4 heteroatoms. The van der Waals surface area contributed by atoms with Crippen molar-refractivity contribution in [2.45, 2.75) is 37.6 Å². The molecule has 1 N–H and O–H groups in total. The highest BCUT2D eigenvalue weighted by atomic mass is 16.5. The molecule has 104 valence electrons. The molecule has 3 unspecified atom stereocenters. The lowest BCUT2D eigenvalue weighted by molar-refractivity contribution is -0.124. The highest BCUT2D eigenvalue weighted by molar-refractivity contribution is 5.85. The van der Waals surface area contributed by atoms with E-state index in [1.54, 1.807) is 0 Å². The average molecular weight is 270 g/mol. The molecule has 0 bridgehead atoms. The van der Waals surface area contributed by atoms with Gasteiger partial charge in [-0.25, -0.2) is 0 Å². The highest BCUT2D eigenvalue weighted by Crippen LogP contribution is 2.34. The third-order valence-electron chi connectivity index (χ3n) is 4.28. The van der Waals surface area contributed by atoms with Crippen LogP contribution < -0.4 is 10.1 Å². The summed E-state index contributed by atoms with van der Waals surface area (Å²) in [4.78, 5) is 12.5. The summed E-state index contributed by atoms with van der Waals surface area (Å²) in [6, 6.07) is 10.0. The van der Waals surface area contributed by atoms with E-state index in [4.69, 9.17) is 10.00 Å². The summed E-state index contributed by atoms with van der Waals surface area (Å²) in [6.45, 7) is 0.571. The maximum absolute atomic E-state index is 12.5. The van der Waals surface area contributed by atoms with Crippen LogP contribution >= 0.6 is 0 Å². The molecular formula is C16H18N2O2. The molecule has 0 aromatic heterocycles. The minimum Gasteiger partial charge on any atom is -0.493 e. The predicted octanol–water partition coefficient (Wildman–Crippen LogP) is 2.36. The molecule has 1 aliphatic carbocycles. The number of nitriles is 1. The minimum absolute atomic E-state index is 0.0162. The van der Waals surface area contributed by atoms with E-state index in [9.17, 15) is 4.79 Å². The minimum atomic E-state index is -0.153. The van der Waals surface area contributed by atoms with Gasteiger partial charge in [0.05, 0.1) is 24.5 Å². The number of carbonyl (C=O) groups excluding carboxylic acids is 1. The van der Waals surface area contributed by atoms with Gasteiger partial charge in [0.1, 0.15) is 5.75 Å². The van der Waals surface area contributed by atoms with Gasteiger partial charge in [0.25, 0.3) is 0 Å². The fourth-order valence-corrected chi connectivity index (χ4v) is 3.19. The second kappa shape index (κ2) is 5.54. The van der Waals surface area contributed by atoms with Gasteiger partial charge in [0.2, 0.25) is 5.91 Å². The molecule has 1 aliphatic heterocycles. The fourth-order valence-electron chi connectivity index (χ4n) is 3.19. The van der Waals surface area contributed by atoms with Crippen molar-refractivity contribution in [1.29, 1.82) is 5.26 Å². The molecule has 1 aromatic carbocycles. The van der Waals surface area contributed by atoms with Gasteiger partial charge in [0.15, 0.2) is 0 Å². The molecule has 1 saturated carbocycles. The Morgan fingerprint density at radius 3 is 3.00 bits per heavy atom. The Labute approximate surface area is 118 Å². The number of nitrogens with one attached hydrogen (secondary N) is 1. The van der Waals surface area contributed by atoms with Gasteiger partial charge < -0.3 is 10.1 Å². The summed E-state index contributed by atoms with van der Waals surface area (Å²) in [5.74, 6) is 0.656. The molecule has 1 fully saturated rings. The van der Waals surface area contributed by atoms with E-state index in [1.165, 1.54) is 0 Å². The van der Waals surface area contributed by atoms with E-state index in [0.29, 0.717) is 13.0 Å². The number of hydrogen-bond donors (Lipinski definition) is 1. The zero-order chi connectivity index (χ0) is 13.9. The molecule has 1 aromatic rings. The summed E-state index contributed by atoms with van der Waals surface area (Å²) in [5.41, 5.74) is 0.961. The van der Waals surface area contributed by atoms with Crippen LogP contribution in [-0.4, -0.2) is 18.6 Å². The predicted molar refractivity (Wildman–Crippen MR) is 74.2 cm³/mol. The third kappa shape index (κ3) is 2.36. The van der Waals surface area contributed by atoms with Crippen LogP contribution in [0.4, 0.5) is 0 Å². The average Bonchev–Trinajstić information content (AvgIpc) is 2.93. The Morgan fingerprint density at radius 1 is 1.30 bits per heavy atom. The summed E-state index contributed by atoms with van der Waals surface area (Å²) in [5, 5.41) is 12.2. The Hall–Kier alpha value is -2.02. The molecule has 2 aliphatic rings. The molecule has 0 saturated heterocycles. The first-order chi connectivity index (χ1) is 9.79. The molecule has 1 amide bonds. The Kier molecular flexibility index (Phi) is 3.60. The molecule has 4 nitrogen and oxygen atoms in total. The van der Waals surface area contributed by atoms with Crippen LogP contribution in [0.5, 0.6) is 5.75 Å². The maximum Gasteiger partial charge on any atom is 0.228 e. The van der Waals surface area contributed by atoms with Gasteiger partial charge in [0, 0.05) is 11.6 Å². The van der Waals surface area contributed by atoms with Crippen LogP contribution in [-0.2, 0) is 4.79 Å². The van der Waals surface area contributed by atoms with E-state index in [2.05, 4.69) is 11.4 Å². The Bertz CT molecular complexity index is 550. The number of amides is 1. The molecule has 0 spiro atoms. The summed E-state index contributed by atoms with van der Waals surface area (Å²) in [7, 11) is 0. The number of benzene rings is 1. The first kappa shape index (κ1) is 13.0. The van der Waals surface area contributed by atoms with Gasteiger partial charge in [-0.05, 0) is 31.7 Å². The lowest BCUT2D eigenvalue weighted by atomic mass is 9.91. The number of para-hydroxylation sites is 1. The molecule has 1 heterocycles. The van der Waals surface area contributed by atoms with Gasteiger partial charge in [-0.3, -0.25) is 4.79 Å². The van der Waals surface area contributed by atoms with E-state index in [1.807, 2.05) is 24.3 Å². The molecule has 3 rings (SSSR count). The van der Waals surface area contributed by atoms with Crippen molar-refractivity contribution < 1.29 is 9.53 Å². The number of nitrogens with zero attached hydrogens (tertiary/aromatic N) is 1. The van der Waals surface area contributed by atoms with Crippen LogP contribution in [0.15, 0.2) is 24.3 Å². The third-order valence-corrected chi connectivity index (χ3v) is 4.28. The molecule has 20 heavy (non-hydrogen) atoms. The molecule has 0 radical (unpaired) electrons. The topological polar surface area (TPSA) is 62.1 Å². The monoisotopic (exact) mass is 270 g/mol. The van der Waals surface area contributed by atoms with Gasteiger partial charge in [-0.2, -0.15) is 5.26 Å². The number of ether oxygens (including phenoxy) is 1.